The molecule has 7 rings (SSSR count). The lowest BCUT2D eigenvalue weighted by molar-refractivity contribution is -0.602. The normalized spacial score (nSPS) is 10.2. The zero-order valence-corrected chi connectivity index (χ0v) is 52.6. The minimum atomic E-state index is -3.22. The first-order chi connectivity index (χ1) is 36.0. The molecule has 0 atom stereocenters. The predicted molar refractivity (Wildman–Crippen MR) is 333 cm³/mol. The molecule has 0 aliphatic rings. The number of ketones is 2. The van der Waals surface area contributed by atoms with Gasteiger partial charge in [0.2, 0.25) is 17.5 Å². The van der Waals surface area contributed by atoms with Crippen molar-refractivity contribution < 1.29 is 42.1 Å². The number of aromatic nitrogens is 3. The minimum Gasteiger partial charge on any atom is -0.616 e. The van der Waals surface area contributed by atoms with Crippen LogP contribution in [0.3, 0.4) is 0 Å². The predicted octanol–water partition coefficient (Wildman–Crippen LogP) is 18.7. The number of aldehydes is 1. The topological polar surface area (TPSA) is 193 Å². The number of rotatable bonds is 13. The van der Waals surface area contributed by atoms with Crippen LogP contribution in [0, 0.1) is 39.8 Å². The first kappa shape index (κ1) is 75.3. The van der Waals surface area contributed by atoms with Gasteiger partial charge in [0.05, 0.1) is 22.8 Å². The molecule has 0 unspecified atom stereocenters. The van der Waals surface area contributed by atoms with E-state index in [4.69, 9.17) is 30.1 Å². The summed E-state index contributed by atoms with van der Waals surface area (Å²) in [4.78, 5) is 39.7. The Bertz CT molecular complexity index is 2750. The maximum Gasteiger partial charge on any atom is 0.392 e. The quantitative estimate of drug-likeness (QED) is 0.0133. The maximum absolute atomic E-state index is 11.9. The van der Waals surface area contributed by atoms with E-state index in [9.17, 15) is 24.2 Å². The third-order valence-electron chi connectivity index (χ3n) is 10.7. The third kappa shape index (κ3) is 28.4. The number of aryl methyl sites for hydroxylation is 7. The molecule has 7 aromatic rings. The van der Waals surface area contributed by atoms with Gasteiger partial charge in [0.25, 0.3) is 0 Å². The van der Waals surface area contributed by atoms with Gasteiger partial charge < -0.3 is 23.7 Å². The molecule has 0 radical (unpaired) electrons. The van der Waals surface area contributed by atoms with Crippen LogP contribution in [-0.2, 0) is 43.7 Å². The van der Waals surface area contributed by atoms with Crippen molar-refractivity contribution in [2.45, 2.75) is 139 Å². The molecule has 4 aromatic carbocycles. The summed E-state index contributed by atoms with van der Waals surface area (Å²) < 4.78 is 28.3. The number of nitrogens with zero attached hydrogens (tertiary/aromatic N) is 4. The van der Waals surface area contributed by atoms with Crippen molar-refractivity contribution in [3.63, 3.8) is 0 Å². The molecule has 0 saturated carbocycles. The highest BCUT2D eigenvalue weighted by Gasteiger charge is 2.21. The number of oxime groups is 1. The van der Waals surface area contributed by atoms with Crippen LogP contribution in [0.15, 0.2) is 115 Å². The highest BCUT2D eigenvalue weighted by atomic mass is 127. The lowest BCUT2D eigenvalue weighted by Crippen LogP contribution is -2.29. The third-order valence-corrected chi connectivity index (χ3v) is 11.6. The number of oxazole rings is 3. The molecule has 3 aromatic heterocycles. The van der Waals surface area contributed by atoms with Gasteiger partial charge in [-0.05, 0) is 105 Å². The highest BCUT2D eigenvalue weighted by Crippen LogP contribution is 2.61. The molecule has 3 heterocycles. The Hall–Kier alpha value is -4.80. The van der Waals surface area contributed by atoms with Gasteiger partial charge in [-0.15, -0.1) is 28.7 Å². The second kappa shape index (κ2) is 40.4. The molecule has 78 heavy (non-hydrogen) atoms. The smallest absolute Gasteiger partial charge is 0.392 e. The molecule has 1 N–H and O–H groups in total. The van der Waals surface area contributed by atoms with Gasteiger partial charge in [-0.2, -0.15) is 0 Å². The number of carbonyl (C=O) groups excluding carboxylic acids is 3. The summed E-state index contributed by atoms with van der Waals surface area (Å²) in [6, 6.07) is 31.6. The Morgan fingerprint density at radius 1 is 0.654 bits per heavy atom. The fourth-order valence-corrected chi connectivity index (χ4v) is 6.88. The molecule has 20 heteroatoms. The van der Waals surface area contributed by atoms with Gasteiger partial charge in [-0.25, -0.2) is 9.97 Å². The van der Waals surface area contributed by atoms with E-state index in [1.54, 1.807) is 13.8 Å². The summed E-state index contributed by atoms with van der Waals surface area (Å²) in [5, 5.41) is 19.4. The van der Waals surface area contributed by atoms with Crippen molar-refractivity contribution in [3.05, 3.63) is 164 Å². The van der Waals surface area contributed by atoms with Crippen molar-refractivity contribution in [3.8, 4) is 34.4 Å². The van der Waals surface area contributed by atoms with E-state index in [0.29, 0.717) is 48.4 Å². The van der Waals surface area contributed by atoms with E-state index in [-0.39, 0.29) is 31.3 Å². The average Bonchev–Trinajstić information content (AvgIpc) is 4.13. The Labute approximate surface area is 500 Å². The summed E-state index contributed by atoms with van der Waals surface area (Å²) in [6.45, 7) is 23.0. The molecule has 0 bridgehead atoms. The van der Waals surface area contributed by atoms with Crippen LogP contribution in [0.5, 0.6) is 0 Å². The lowest BCUT2D eigenvalue weighted by Gasteiger charge is -1.97. The number of alkyl halides is 2. The van der Waals surface area contributed by atoms with E-state index < -0.39 is 5.20 Å². The van der Waals surface area contributed by atoms with Crippen LogP contribution in [0.4, 0.5) is 0 Å². The van der Waals surface area contributed by atoms with Gasteiger partial charge in [0, 0.05) is 66.6 Å². The van der Waals surface area contributed by atoms with Crippen molar-refractivity contribution in [1.82, 2.24) is 9.97 Å². The molecule has 428 valence electrons. The summed E-state index contributed by atoms with van der Waals surface area (Å²) in [5.41, 5.74) is 11.2. The first-order valence-corrected chi connectivity index (χ1v) is 30.9. The van der Waals surface area contributed by atoms with Crippen LogP contribution < -0.4 is 4.73 Å². The average molecular weight is 1310 g/mol. The van der Waals surface area contributed by atoms with Gasteiger partial charge in [0.1, 0.15) is 29.3 Å². The molecule has 0 aliphatic carbocycles. The Morgan fingerprint density at radius 2 is 1.01 bits per heavy atom. The Balaban J connectivity index is 0. The largest absolute Gasteiger partial charge is 0.616 e. The van der Waals surface area contributed by atoms with Crippen molar-refractivity contribution in [1.29, 1.82) is 0 Å². The summed E-state index contributed by atoms with van der Waals surface area (Å²) in [7, 11) is 0. The van der Waals surface area contributed by atoms with E-state index in [2.05, 4.69) is 116 Å². The summed E-state index contributed by atoms with van der Waals surface area (Å²) in [5.74, 6) is 5.05. The lowest BCUT2D eigenvalue weighted by atomic mass is 10.1. The van der Waals surface area contributed by atoms with E-state index >= 15 is 0 Å². The van der Waals surface area contributed by atoms with Gasteiger partial charge in [0.15, 0.2) is 11.5 Å². The number of carbonyl (C=O) groups is 3. The van der Waals surface area contributed by atoms with Crippen LogP contribution >= 0.6 is 85.5 Å². The van der Waals surface area contributed by atoms with Crippen molar-refractivity contribution in [2.75, 3.05) is 0 Å². The van der Waals surface area contributed by atoms with E-state index in [0.717, 1.165) is 91.5 Å². The zero-order valence-electron chi connectivity index (χ0n) is 45.7. The standard InChI is InChI=1S/C13H14ClNO.C13H14INO.C13H15NO2.C8H8O.C5H9NO2.C5H10O.CH4.Cl3OP.ClH/c2*1-3-12-11(8-14)15-13(16-12)10-6-4-9(2)5-7-10;1-4-12-10(3)14(15)13(16-12)11-7-5-9(2)6-8-11;1-7-2-4-8(6-9)5-3-7;1-3-5(7)4(2)6-8;1-3-5(6)4-2;;1-5(2,3)4;/h2*4-7H,3,8H2,1-2H3;5-8H,4H2,1-3H3;2-6H,1H3;8H,3H2,1-2H3;3-4H2,1-2H3;1H4;;1H/b;;;;6-4+;;;;. The van der Waals surface area contributed by atoms with Gasteiger partial charge in [-0.1, -0.05) is 160 Å². The molecule has 0 saturated heterocycles. The number of hydrogen-bond acceptors (Lipinski definition) is 12. The maximum atomic E-state index is 11.9. The van der Waals surface area contributed by atoms with E-state index in [1.165, 1.54) is 29.2 Å². The second-order valence-electron chi connectivity index (χ2n) is 16.5. The van der Waals surface area contributed by atoms with E-state index in [1.807, 2.05) is 114 Å². The summed E-state index contributed by atoms with van der Waals surface area (Å²) in [6.07, 6.45) is 5.08. The number of halogens is 6. The number of hydrogen-bond donors (Lipinski definition) is 1. The fourth-order valence-electron chi connectivity index (χ4n) is 6.07. The molecular weight excluding hydrogens is 1230 g/mol. The van der Waals surface area contributed by atoms with Crippen LogP contribution in [0.2, 0.25) is 0 Å². The molecule has 0 spiro atoms. The fraction of sp³-hybridized carbons (Fsp3) is 0.362. The van der Waals surface area contributed by atoms with Crippen LogP contribution in [0.1, 0.15) is 142 Å². The minimum absolute atomic E-state index is 0. The van der Waals surface area contributed by atoms with Crippen LogP contribution in [-0.4, -0.2) is 38.7 Å². The van der Waals surface area contributed by atoms with Gasteiger partial charge >= 0.3 is 11.1 Å². The number of benzene rings is 4. The molecular formula is C58H75Cl5IN4O9P. The molecule has 13 nitrogen and oxygen atoms in total. The Morgan fingerprint density at radius 3 is 1.27 bits per heavy atom. The second-order valence-corrected chi connectivity index (χ2v) is 24.2. The molecule has 0 fully saturated rings. The van der Waals surface area contributed by atoms with Crippen molar-refractivity contribution in [2.24, 2.45) is 5.16 Å². The SMILES string of the molecule is C.CCC(=O)/C(C)=N/O.CCC(=O)CC.CCc1oc(-c2ccc(C)cc2)[n+]([O-])c1C.CCc1oc(-c2ccc(C)cc2)nc1CCl.CCc1oc(-c2ccc(C)cc2)nc1CI.Cc1ccc(C=O)cc1.Cl.O=P(Cl)(Cl)Cl. The first-order valence-electron chi connectivity index (χ1n) is 24.4. The van der Waals surface area contributed by atoms with Crippen LogP contribution in [0.25, 0.3) is 34.4 Å². The Kier molecular flexibility index (Phi) is 39.0. The van der Waals surface area contributed by atoms with Gasteiger partial charge in [-0.3, -0.25) is 18.9 Å². The molecule has 0 amide bonds. The molecule has 0 aliphatic heterocycles. The zero-order chi connectivity index (χ0) is 57.5. The summed E-state index contributed by atoms with van der Waals surface area (Å²) >= 11 is 22.0. The monoisotopic (exact) mass is 1300 g/mol. The van der Waals surface area contributed by atoms with Crippen molar-refractivity contribution >= 4 is 109 Å². The number of Topliss-reactive ketones (excluding diaryl/α,β-unsaturated/α-hetero) is 2. The highest BCUT2D eigenvalue weighted by molar-refractivity contribution is 14.1.